The van der Waals surface area contributed by atoms with Gasteiger partial charge in [0, 0.05) is 0 Å². The van der Waals surface area contributed by atoms with Crippen molar-refractivity contribution in [2.45, 2.75) is 39.5 Å². The van der Waals surface area contributed by atoms with Crippen molar-refractivity contribution in [1.29, 1.82) is 0 Å². The van der Waals surface area contributed by atoms with Crippen LogP contribution in [0.15, 0.2) is 42.5 Å². The van der Waals surface area contributed by atoms with Crippen molar-refractivity contribution < 1.29 is 0 Å². The Morgan fingerprint density at radius 3 is 2.05 bits per heavy atom. The lowest BCUT2D eigenvalue weighted by Gasteiger charge is -2.10. The van der Waals surface area contributed by atoms with Crippen LogP contribution in [0, 0.1) is 13.8 Å². The molecule has 0 aliphatic rings. The molecule has 106 valence electrons. The quantitative estimate of drug-likeness (QED) is 0.841. The average Bonchev–Trinajstić information content (AvgIpc) is 2.45. The lowest BCUT2D eigenvalue weighted by atomic mass is 9.95. The fourth-order valence-electron chi connectivity index (χ4n) is 2.76. The van der Waals surface area contributed by atoms with E-state index in [1.807, 2.05) is 0 Å². The van der Waals surface area contributed by atoms with Gasteiger partial charge in [0.05, 0.1) is 0 Å². The Morgan fingerprint density at radius 1 is 0.800 bits per heavy atom. The van der Waals surface area contributed by atoms with Crippen molar-refractivity contribution in [3.05, 3.63) is 70.3 Å². The van der Waals surface area contributed by atoms with E-state index in [1.54, 1.807) is 0 Å². The molecule has 0 saturated heterocycles. The van der Waals surface area contributed by atoms with Crippen LogP contribution in [0.4, 0.5) is 0 Å². The van der Waals surface area contributed by atoms with Gasteiger partial charge < -0.3 is 5.73 Å². The Kier molecular flexibility index (Phi) is 5.37. The monoisotopic (exact) mass is 267 g/mol. The van der Waals surface area contributed by atoms with Gasteiger partial charge in [0.1, 0.15) is 0 Å². The highest BCUT2D eigenvalue weighted by Crippen LogP contribution is 2.17. The van der Waals surface area contributed by atoms with Gasteiger partial charge in [-0.25, -0.2) is 0 Å². The SMILES string of the molecule is Cc1cccc(C)c1CCc1cccc(CCCN)c1. The summed E-state index contributed by atoms with van der Waals surface area (Å²) in [5, 5.41) is 0. The molecule has 0 aliphatic carbocycles. The minimum Gasteiger partial charge on any atom is -0.330 e. The van der Waals surface area contributed by atoms with Gasteiger partial charge in [0.2, 0.25) is 0 Å². The summed E-state index contributed by atoms with van der Waals surface area (Å²) in [6.07, 6.45) is 4.40. The molecule has 0 aromatic heterocycles. The van der Waals surface area contributed by atoms with Crippen molar-refractivity contribution in [3.63, 3.8) is 0 Å². The smallest absolute Gasteiger partial charge is 0.00741 e. The van der Waals surface area contributed by atoms with Gasteiger partial charge in [-0.05, 0) is 73.9 Å². The maximum absolute atomic E-state index is 5.58. The second-order valence-corrected chi connectivity index (χ2v) is 5.58. The molecule has 2 aromatic carbocycles. The van der Waals surface area contributed by atoms with Crippen LogP contribution in [0.1, 0.15) is 34.2 Å². The Balaban J connectivity index is 2.03. The summed E-state index contributed by atoms with van der Waals surface area (Å²) in [5.41, 5.74) is 12.7. The summed E-state index contributed by atoms with van der Waals surface area (Å²) in [6, 6.07) is 15.5. The molecule has 0 aliphatic heterocycles. The van der Waals surface area contributed by atoms with Gasteiger partial charge in [-0.3, -0.25) is 0 Å². The molecule has 1 nitrogen and oxygen atoms in total. The predicted octanol–water partition coefficient (Wildman–Crippen LogP) is 3.98. The lowest BCUT2D eigenvalue weighted by molar-refractivity contribution is 0.829. The number of hydrogen-bond donors (Lipinski definition) is 1. The lowest BCUT2D eigenvalue weighted by Crippen LogP contribution is -2.01. The van der Waals surface area contributed by atoms with Crippen LogP contribution >= 0.6 is 0 Å². The van der Waals surface area contributed by atoms with Crippen LogP contribution in [0.3, 0.4) is 0 Å². The van der Waals surface area contributed by atoms with E-state index in [9.17, 15) is 0 Å². The molecular formula is C19H25N. The van der Waals surface area contributed by atoms with Crippen LogP contribution in [0.2, 0.25) is 0 Å². The number of benzene rings is 2. The van der Waals surface area contributed by atoms with E-state index in [0.717, 1.165) is 32.2 Å². The zero-order valence-electron chi connectivity index (χ0n) is 12.7. The maximum atomic E-state index is 5.58. The Morgan fingerprint density at radius 2 is 1.40 bits per heavy atom. The second-order valence-electron chi connectivity index (χ2n) is 5.58. The standard InChI is InChI=1S/C19H25N/c1-15-6-3-7-16(2)19(15)12-11-18-9-4-8-17(14-18)10-5-13-20/h3-4,6-9,14H,5,10-13,20H2,1-2H3. The van der Waals surface area contributed by atoms with Crippen LogP contribution in [0.5, 0.6) is 0 Å². The largest absolute Gasteiger partial charge is 0.330 e. The van der Waals surface area contributed by atoms with E-state index in [2.05, 4.69) is 56.3 Å². The Bertz CT molecular complexity index is 537. The number of rotatable bonds is 6. The predicted molar refractivity (Wildman–Crippen MR) is 87.1 cm³/mol. The molecule has 2 rings (SSSR count). The molecule has 0 heterocycles. The molecule has 0 amide bonds. The molecule has 0 radical (unpaired) electrons. The maximum Gasteiger partial charge on any atom is -0.00741 e. The van der Waals surface area contributed by atoms with Gasteiger partial charge in [0.15, 0.2) is 0 Å². The first-order valence-electron chi connectivity index (χ1n) is 7.53. The molecule has 0 spiro atoms. The summed E-state index contributed by atoms with van der Waals surface area (Å²) < 4.78 is 0. The summed E-state index contributed by atoms with van der Waals surface area (Å²) in [5.74, 6) is 0. The minimum absolute atomic E-state index is 0.770. The highest BCUT2D eigenvalue weighted by molar-refractivity contribution is 5.34. The van der Waals surface area contributed by atoms with Crippen molar-refractivity contribution in [2.75, 3.05) is 6.54 Å². The minimum atomic E-state index is 0.770. The molecular weight excluding hydrogens is 242 g/mol. The zero-order valence-corrected chi connectivity index (χ0v) is 12.7. The molecule has 2 aromatic rings. The van der Waals surface area contributed by atoms with E-state index in [4.69, 9.17) is 5.73 Å². The second kappa shape index (κ2) is 7.25. The van der Waals surface area contributed by atoms with Crippen LogP contribution in [-0.4, -0.2) is 6.54 Å². The third-order valence-corrected chi connectivity index (χ3v) is 3.97. The fourth-order valence-corrected chi connectivity index (χ4v) is 2.76. The van der Waals surface area contributed by atoms with Gasteiger partial charge in [-0.15, -0.1) is 0 Å². The van der Waals surface area contributed by atoms with Gasteiger partial charge >= 0.3 is 0 Å². The summed E-state index contributed by atoms with van der Waals surface area (Å²) in [4.78, 5) is 0. The van der Waals surface area contributed by atoms with Crippen LogP contribution < -0.4 is 5.73 Å². The Labute approximate surface area is 122 Å². The van der Waals surface area contributed by atoms with E-state index >= 15 is 0 Å². The molecule has 0 bridgehead atoms. The molecule has 1 heteroatoms. The normalized spacial score (nSPS) is 10.8. The molecule has 0 fully saturated rings. The van der Waals surface area contributed by atoms with Crippen molar-refractivity contribution in [2.24, 2.45) is 5.73 Å². The molecule has 0 saturated carbocycles. The topological polar surface area (TPSA) is 26.0 Å². The summed E-state index contributed by atoms with van der Waals surface area (Å²) >= 11 is 0. The van der Waals surface area contributed by atoms with Crippen molar-refractivity contribution >= 4 is 0 Å². The van der Waals surface area contributed by atoms with Crippen LogP contribution in [0.25, 0.3) is 0 Å². The van der Waals surface area contributed by atoms with Gasteiger partial charge in [-0.2, -0.15) is 0 Å². The summed E-state index contributed by atoms with van der Waals surface area (Å²) in [7, 11) is 0. The number of aryl methyl sites for hydroxylation is 4. The molecule has 20 heavy (non-hydrogen) atoms. The van der Waals surface area contributed by atoms with Gasteiger partial charge in [0.25, 0.3) is 0 Å². The fraction of sp³-hybridized carbons (Fsp3) is 0.368. The van der Waals surface area contributed by atoms with E-state index in [0.29, 0.717) is 0 Å². The van der Waals surface area contributed by atoms with E-state index in [1.165, 1.54) is 27.8 Å². The Hall–Kier alpha value is -1.60. The summed E-state index contributed by atoms with van der Waals surface area (Å²) in [6.45, 7) is 5.19. The molecule has 2 N–H and O–H groups in total. The molecule has 0 atom stereocenters. The average molecular weight is 267 g/mol. The highest BCUT2D eigenvalue weighted by Gasteiger charge is 2.03. The zero-order chi connectivity index (χ0) is 14.4. The highest BCUT2D eigenvalue weighted by atomic mass is 14.5. The van der Waals surface area contributed by atoms with Gasteiger partial charge in [-0.1, -0.05) is 42.5 Å². The molecule has 0 unspecified atom stereocenters. The van der Waals surface area contributed by atoms with E-state index < -0.39 is 0 Å². The van der Waals surface area contributed by atoms with Crippen molar-refractivity contribution in [3.8, 4) is 0 Å². The number of hydrogen-bond acceptors (Lipinski definition) is 1. The first kappa shape index (κ1) is 14.8. The first-order valence-corrected chi connectivity index (χ1v) is 7.53. The third-order valence-electron chi connectivity index (χ3n) is 3.97. The van der Waals surface area contributed by atoms with E-state index in [-0.39, 0.29) is 0 Å². The van der Waals surface area contributed by atoms with Crippen molar-refractivity contribution in [1.82, 2.24) is 0 Å². The van der Waals surface area contributed by atoms with Crippen LogP contribution in [-0.2, 0) is 19.3 Å². The number of nitrogens with two attached hydrogens (primary N) is 1. The third kappa shape index (κ3) is 3.94. The first-order chi connectivity index (χ1) is 9.70.